The summed E-state index contributed by atoms with van der Waals surface area (Å²) in [7, 11) is 1.75. The Labute approximate surface area is 87.4 Å². The second-order valence-corrected chi connectivity index (χ2v) is 4.83. The van der Waals surface area contributed by atoms with Crippen molar-refractivity contribution in [3.05, 3.63) is 0 Å². The van der Waals surface area contributed by atoms with Crippen LogP contribution in [0.4, 0.5) is 0 Å². The van der Waals surface area contributed by atoms with Gasteiger partial charge in [-0.1, -0.05) is 13.3 Å². The first-order valence-corrected chi connectivity index (χ1v) is 5.57. The highest BCUT2D eigenvalue weighted by molar-refractivity contribution is 4.92. The van der Waals surface area contributed by atoms with Crippen LogP contribution in [-0.2, 0) is 4.74 Å². The van der Waals surface area contributed by atoms with E-state index >= 15 is 0 Å². The molecule has 1 saturated carbocycles. The second kappa shape index (κ2) is 5.10. The van der Waals surface area contributed by atoms with Gasteiger partial charge in [0.25, 0.3) is 0 Å². The maximum atomic E-state index is 6.09. The number of rotatable bonds is 5. The van der Waals surface area contributed by atoms with Crippen molar-refractivity contribution in [2.75, 3.05) is 20.2 Å². The molecule has 3 nitrogen and oxygen atoms in total. The van der Waals surface area contributed by atoms with Gasteiger partial charge >= 0.3 is 0 Å². The molecule has 0 radical (unpaired) electrons. The predicted molar refractivity (Wildman–Crippen MR) is 59.3 cm³/mol. The lowest BCUT2D eigenvalue weighted by Crippen LogP contribution is -2.44. The quantitative estimate of drug-likeness (QED) is 0.699. The lowest BCUT2D eigenvalue weighted by molar-refractivity contribution is 0.113. The van der Waals surface area contributed by atoms with E-state index in [1.54, 1.807) is 7.11 Å². The van der Waals surface area contributed by atoms with Crippen molar-refractivity contribution in [1.82, 2.24) is 5.32 Å². The van der Waals surface area contributed by atoms with E-state index in [0.717, 1.165) is 13.1 Å². The smallest absolute Gasteiger partial charge is 0.0667 e. The molecule has 3 N–H and O–H groups in total. The molecule has 1 aliphatic rings. The topological polar surface area (TPSA) is 47.3 Å². The van der Waals surface area contributed by atoms with E-state index in [4.69, 9.17) is 10.5 Å². The molecule has 0 spiro atoms. The summed E-state index contributed by atoms with van der Waals surface area (Å²) in [4.78, 5) is 0. The molecule has 0 heterocycles. The molecule has 0 aromatic carbocycles. The summed E-state index contributed by atoms with van der Waals surface area (Å²) in [5.41, 5.74) is 6.39. The van der Waals surface area contributed by atoms with Crippen LogP contribution in [-0.4, -0.2) is 32.3 Å². The monoisotopic (exact) mass is 200 g/mol. The van der Waals surface area contributed by atoms with Crippen LogP contribution in [0.25, 0.3) is 0 Å². The largest absolute Gasteiger partial charge is 0.380 e. The zero-order valence-corrected chi connectivity index (χ0v) is 9.68. The zero-order valence-electron chi connectivity index (χ0n) is 9.68. The maximum absolute atomic E-state index is 6.09. The Morgan fingerprint density at radius 2 is 2.36 bits per heavy atom. The van der Waals surface area contributed by atoms with Gasteiger partial charge in [0.1, 0.15) is 0 Å². The Hall–Kier alpha value is -0.120. The minimum Gasteiger partial charge on any atom is -0.380 e. The first-order chi connectivity index (χ1) is 6.58. The highest BCUT2D eigenvalue weighted by Crippen LogP contribution is 2.35. The number of nitrogens with one attached hydrogen (secondary N) is 1. The van der Waals surface area contributed by atoms with E-state index in [0.29, 0.717) is 11.5 Å². The van der Waals surface area contributed by atoms with E-state index in [9.17, 15) is 0 Å². The van der Waals surface area contributed by atoms with Crippen LogP contribution in [0, 0.1) is 5.41 Å². The van der Waals surface area contributed by atoms with Gasteiger partial charge in [-0.25, -0.2) is 0 Å². The molecule has 0 saturated heterocycles. The van der Waals surface area contributed by atoms with E-state index in [-0.39, 0.29) is 6.10 Å². The first-order valence-electron chi connectivity index (χ1n) is 5.57. The van der Waals surface area contributed by atoms with Gasteiger partial charge in [0, 0.05) is 26.2 Å². The molecule has 1 fully saturated rings. The van der Waals surface area contributed by atoms with Crippen LogP contribution in [0.5, 0.6) is 0 Å². The molecule has 0 aliphatic heterocycles. The Morgan fingerprint density at radius 1 is 1.64 bits per heavy atom. The lowest BCUT2D eigenvalue weighted by atomic mass is 9.85. The Balaban J connectivity index is 2.23. The number of methoxy groups -OCH3 is 1. The molecule has 0 bridgehead atoms. The van der Waals surface area contributed by atoms with E-state index in [1.807, 2.05) is 0 Å². The summed E-state index contributed by atoms with van der Waals surface area (Å²) in [5, 5.41) is 3.44. The average molecular weight is 200 g/mol. The third kappa shape index (κ3) is 2.94. The summed E-state index contributed by atoms with van der Waals surface area (Å²) >= 11 is 0. The SMILES string of the molecule is COC(C)CNCC1(C)CCCC1N. The minimum absolute atomic E-state index is 0.288. The summed E-state index contributed by atoms with van der Waals surface area (Å²) < 4.78 is 5.18. The normalized spacial score (nSPS) is 34.7. The predicted octanol–water partition coefficient (Wildman–Crippen LogP) is 1.13. The van der Waals surface area contributed by atoms with Gasteiger partial charge < -0.3 is 15.8 Å². The van der Waals surface area contributed by atoms with E-state index in [1.165, 1.54) is 19.3 Å². The van der Waals surface area contributed by atoms with Crippen molar-refractivity contribution in [1.29, 1.82) is 0 Å². The fraction of sp³-hybridized carbons (Fsp3) is 1.00. The van der Waals surface area contributed by atoms with Crippen molar-refractivity contribution < 1.29 is 4.74 Å². The zero-order chi connectivity index (χ0) is 10.6. The second-order valence-electron chi connectivity index (χ2n) is 4.83. The highest BCUT2D eigenvalue weighted by atomic mass is 16.5. The minimum atomic E-state index is 0.288. The Kier molecular flexibility index (Phi) is 4.35. The van der Waals surface area contributed by atoms with Crippen LogP contribution >= 0.6 is 0 Å². The molecular weight excluding hydrogens is 176 g/mol. The maximum Gasteiger partial charge on any atom is 0.0667 e. The van der Waals surface area contributed by atoms with Gasteiger partial charge in [-0.15, -0.1) is 0 Å². The number of hydrogen-bond acceptors (Lipinski definition) is 3. The molecule has 0 amide bonds. The molecule has 14 heavy (non-hydrogen) atoms. The third-order valence-electron chi connectivity index (χ3n) is 3.52. The molecule has 84 valence electrons. The highest BCUT2D eigenvalue weighted by Gasteiger charge is 2.35. The van der Waals surface area contributed by atoms with Crippen molar-refractivity contribution >= 4 is 0 Å². The molecule has 1 rings (SSSR count). The van der Waals surface area contributed by atoms with Gasteiger partial charge in [0.15, 0.2) is 0 Å². The Morgan fingerprint density at radius 3 is 2.86 bits per heavy atom. The summed E-state index contributed by atoms with van der Waals surface area (Å²) in [5.74, 6) is 0. The van der Waals surface area contributed by atoms with Crippen molar-refractivity contribution in [2.24, 2.45) is 11.1 Å². The van der Waals surface area contributed by atoms with E-state index < -0.39 is 0 Å². The van der Waals surface area contributed by atoms with Gasteiger partial charge in [-0.3, -0.25) is 0 Å². The van der Waals surface area contributed by atoms with Crippen LogP contribution in [0.15, 0.2) is 0 Å². The third-order valence-corrected chi connectivity index (χ3v) is 3.52. The summed E-state index contributed by atoms with van der Waals surface area (Å²) in [6, 6.07) is 0.368. The van der Waals surface area contributed by atoms with Gasteiger partial charge in [-0.2, -0.15) is 0 Å². The molecule has 3 unspecified atom stereocenters. The molecule has 1 aliphatic carbocycles. The van der Waals surface area contributed by atoms with Crippen LogP contribution < -0.4 is 11.1 Å². The fourth-order valence-corrected chi connectivity index (χ4v) is 2.12. The summed E-state index contributed by atoms with van der Waals surface area (Å²) in [6.45, 7) is 6.29. The number of nitrogens with two attached hydrogens (primary N) is 1. The molecule has 0 aromatic heterocycles. The molecule has 0 aromatic rings. The number of hydrogen-bond donors (Lipinski definition) is 2. The van der Waals surface area contributed by atoms with Crippen molar-refractivity contribution in [2.45, 2.75) is 45.3 Å². The molecular formula is C11H24N2O. The lowest BCUT2D eigenvalue weighted by Gasteiger charge is -2.29. The number of ether oxygens (including phenoxy) is 1. The average Bonchev–Trinajstić information content (AvgIpc) is 2.47. The standard InChI is InChI=1S/C11H24N2O/c1-9(14-3)7-13-8-11(2)6-4-5-10(11)12/h9-10,13H,4-8,12H2,1-3H3. The summed E-state index contributed by atoms with van der Waals surface area (Å²) in [6.07, 6.45) is 4.00. The first kappa shape index (κ1) is 12.0. The van der Waals surface area contributed by atoms with Crippen LogP contribution in [0.3, 0.4) is 0 Å². The Bertz CT molecular complexity index is 175. The van der Waals surface area contributed by atoms with Gasteiger partial charge in [0.2, 0.25) is 0 Å². The molecule has 3 atom stereocenters. The van der Waals surface area contributed by atoms with Gasteiger partial charge in [-0.05, 0) is 25.2 Å². The van der Waals surface area contributed by atoms with E-state index in [2.05, 4.69) is 19.2 Å². The van der Waals surface area contributed by atoms with Crippen LogP contribution in [0.2, 0.25) is 0 Å². The van der Waals surface area contributed by atoms with Gasteiger partial charge in [0.05, 0.1) is 6.10 Å². The van der Waals surface area contributed by atoms with Crippen molar-refractivity contribution in [3.63, 3.8) is 0 Å². The molecule has 3 heteroatoms. The van der Waals surface area contributed by atoms with Crippen molar-refractivity contribution in [3.8, 4) is 0 Å². The van der Waals surface area contributed by atoms with Crippen LogP contribution in [0.1, 0.15) is 33.1 Å². The fourth-order valence-electron chi connectivity index (χ4n) is 2.12.